The number of urea groups is 1. The second kappa shape index (κ2) is 8.39. The highest BCUT2D eigenvalue weighted by Crippen LogP contribution is 2.24. The standard InChI is InChI=1S/C21H31N5O3S/c1-16-22-19(15-24(16)5)30(28,29)26-12-6-11-25(13-14-26)20(27)23-18-9-7-17(8-10-18)21(2,3)4/h7-10,15H,6,11-14H2,1-5H3,(H,23,27). The number of amides is 2. The van der Waals surface area contributed by atoms with Crippen molar-refractivity contribution in [2.24, 2.45) is 7.05 Å². The van der Waals surface area contributed by atoms with E-state index in [0.717, 1.165) is 5.69 Å². The summed E-state index contributed by atoms with van der Waals surface area (Å²) in [6.45, 7) is 9.63. The van der Waals surface area contributed by atoms with Gasteiger partial charge >= 0.3 is 6.03 Å². The Kier molecular flexibility index (Phi) is 6.24. The maximum atomic E-state index is 12.9. The van der Waals surface area contributed by atoms with E-state index in [1.165, 1.54) is 16.1 Å². The third-order valence-corrected chi connectivity index (χ3v) is 7.21. The lowest BCUT2D eigenvalue weighted by Crippen LogP contribution is -2.39. The number of carbonyl (C=O) groups excluding carboxylic acids is 1. The number of rotatable bonds is 3. The summed E-state index contributed by atoms with van der Waals surface area (Å²) in [7, 11) is -1.90. The SMILES string of the molecule is Cc1nc(S(=O)(=O)N2CCCN(C(=O)Nc3ccc(C(C)(C)C)cc3)CC2)cn1C. The third-order valence-electron chi connectivity index (χ3n) is 5.44. The topological polar surface area (TPSA) is 87.5 Å². The first-order valence-corrected chi connectivity index (χ1v) is 11.6. The molecule has 0 aliphatic carbocycles. The highest BCUT2D eigenvalue weighted by Gasteiger charge is 2.30. The van der Waals surface area contributed by atoms with Gasteiger partial charge in [-0.05, 0) is 36.5 Å². The second-order valence-corrected chi connectivity index (χ2v) is 10.6. The van der Waals surface area contributed by atoms with E-state index in [1.807, 2.05) is 24.3 Å². The van der Waals surface area contributed by atoms with Gasteiger partial charge in [-0.25, -0.2) is 18.2 Å². The summed E-state index contributed by atoms with van der Waals surface area (Å²) in [5.41, 5.74) is 1.97. The van der Waals surface area contributed by atoms with Gasteiger partial charge < -0.3 is 14.8 Å². The molecule has 1 saturated heterocycles. The molecule has 1 aromatic carbocycles. The molecule has 0 spiro atoms. The summed E-state index contributed by atoms with van der Waals surface area (Å²) in [4.78, 5) is 18.5. The molecule has 1 aromatic heterocycles. The lowest BCUT2D eigenvalue weighted by atomic mass is 9.87. The van der Waals surface area contributed by atoms with Gasteiger partial charge in [-0.15, -0.1) is 0 Å². The first-order chi connectivity index (χ1) is 14.0. The number of imidazole rings is 1. The van der Waals surface area contributed by atoms with Crippen LogP contribution in [0.1, 0.15) is 38.6 Å². The van der Waals surface area contributed by atoms with Gasteiger partial charge in [0.2, 0.25) is 0 Å². The smallest absolute Gasteiger partial charge is 0.321 e. The molecule has 2 heterocycles. The molecule has 8 nitrogen and oxygen atoms in total. The number of nitrogens with zero attached hydrogens (tertiary/aromatic N) is 4. The molecule has 30 heavy (non-hydrogen) atoms. The molecule has 0 atom stereocenters. The van der Waals surface area contributed by atoms with E-state index in [9.17, 15) is 13.2 Å². The van der Waals surface area contributed by atoms with Crippen molar-refractivity contribution in [2.45, 2.75) is 44.6 Å². The van der Waals surface area contributed by atoms with Crippen molar-refractivity contribution in [1.82, 2.24) is 18.8 Å². The van der Waals surface area contributed by atoms with Crippen LogP contribution in [0.25, 0.3) is 0 Å². The third kappa shape index (κ3) is 4.84. The van der Waals surface area contributed by atoms with Crippen LogP contribution in [0.2, 0.25) is 0 Å². The van der Waals surface area contributed by atoms with Crippen molar-refractivity contribution in [2.75, 3.05) is 31.5 Å². The molecule has 2 aromatic rings. The van der Waals surface area contributed by atoms with E-state index in [0.29, 0.717) is 31.9 Å². The highest BCUT2D eigenvalue weighted by molar-refractivity contribution is 7.89. The van der Waals surface area contributed by atoms with Crippen molar-refractivity contribution in [3.8, 4) is 0 Å². The van der Waals surface area contributed by atoms with Gasteiger partial charge in [-0.3, -0.25) is 0 Å². The Hall–Kier alpha value is -2.39. The Morgan fingerprint density at radius 3 is 2.30 bits per heavy atom. The van der Waals surface area contributed by atoms with Gasteiger partial charge in [0.05, 0.1) is 0 Å². The van der Waals surface area contributed by atoms with E-state index >= 15 is 0 Å². The first-order valence-electron chi connectivity index (χ1n) is 10.1. The van der Waals surface area contributed by atoms with Crippen LogP contribution in [0.5, 0.6) is 0 Å². The zero-order chi connectivity index (χ0) is 22.1. The maximum absolute atomic E-state index is 12.9. The predicted molar refractivity (Wildman–Crippen MR) is 117 cm³/mol. The van der Waals surface area contributed by atoms with Crippen molar-refractivity contribution < 1.29 is 13.2 Å². The van der Waals surface area contributed by atoms with E-state index in [4.69, 9.17) is 0 Å². The Morgan fingerprint density at radius 1 is 1.07 bits per heavy atom. The van der Waals surface area contributed by atoms with Gasteiger partial charge in [0.15, 0.2) is 5.03 Å². The summed E-state index contributed by atoms with van der Waals surface area (Å²) in [6, 6.07) is 7.61. The normalized spacial score (nSPS) is 16.4. The Balaban J connectivity index is 1.64. The van der Waals surface area contributed by atoms with Crippen molar-refractivity contribution >= 4 is 21.7 Å². The van der Waals surface area contributed by atoms with E-state index in [2.05, 4.69) is 31.1 Å². The maximum Gasteiger partial charge on any atom is 0.321 e. The van der Waals surface area contributed by atoms with Crippen molar-refractivity contribution in [3.63, 3.8) is 0 Å². The molecule has 164 valence electrons. The number of carbonyl (C=O) groups is 1. The van der Waals surface area contributed by atoms with Gasteiger partial charge in [0.25, 0.3) is 10.0 Å². The summed E-state index contributed by atoms with van der Waals surface area (Å²) >= 11 is 0. The minimum absolute atomic E-state index is 0.0500. The van der Waals surface area contributed by atoms with Gasteiger partial charge in [-0.2, -0.15) is 4.31 Å². The first kappa shape index (κ1) is 22.3. The van der Waals surface area contributed by atoms with Crippen LogP contribution in [-0.4, -0.2) is 59.4 Å². The van der Waals surface area contributed by atoms with Gasteiger partial charge in [0.1, 0.15) is 5.82 Å². The molecular weight excluding hydrogens is 402 g/mol. The lowest BCUT2D eigenvalue weighted by Gasteiger charge is -2.22. The molecule has 1 aliphatic heterocycles. The fourth-order valence-electron chi connectivity index (χ4n) is 3.38. The monoisotopic (exact) mass is 433 g/mol. The van der Waals surface area contributed by atoms with Crippen LogP contribution in [0.4, 0.5) is 10.5 Å². The quantitative estimate of drug-likeness (QED) is 0.806. The number of sulfonamides is 1. The van der Waals surface area contributed by atoms with Crippen LogP contribution < -0.4 is 5.32 Å². The minimum atomic E-state index is -3.67. The number of nitrogens with one attached hydrogen (secondary N) is 1. The van der Waals surface area contributed by atoms with Crippen LogP contribution in [0, 0.1) is 6.92 Å². The molecular formula is C21H31N5O3S. The van der Waals surface area contributed by atoms with Crippen LogP contribution >= 0.6 is 0 Å². The molecule has 1 N–H and O–H groups in total. The molecule has 3 rings (SSSR count). The number of anilines is 1. The number of hydrogen-bond donors (Lipinski definition) is 1. The van der Waals surface area contributed by atoms with Crippen LogP contribution in [-0.2, 0) is 22.5 Å². The van der Waals surface area contributed by atoms with E-state index in [-0.39, 0.29) is 23.0 Å². The number of aryl methyl sites for hydroxylation is 2. The highest BCUT2D eigenvalue weighted by atomic mass is 32.2. The molecule has 0 radical (unpaired) electrons. The largest absolute Gasteiger partial charge is 0.337 e. The van der Waals surface area contributed by atoms with Crippen LogP contribution in [0.3, 0.4) is 0 Å². The second-order valence-electron chi connectivity index (χ2n) is 8.74. The Morgan fingerprint density at radius 2 is 1.73 bits per heavy atom. The molecule has 2 amide bonds. The van der Waals surface area contributed by atoms with E-state index in [1.54, 1.807) is 23.4 Å². The Bertz CT molecular complexity index is 987. The summed E-state index contributed by atoms with van der Waals surface area (Å²) in [6.07, 6.45) is 2.10. The minimum Gasteiger partial charge on any atom is -0.337 e. The molecule has 1 fully saturated rings. The molecule has 1 aliphatic rings. The van der Waals surface area contributed by atoms with Crippen LogP contribution in [0.15, 0.2) is 35.5 Å². The Labute approximate surface area is 178 Å². The van der Waals surface area contributed by atoms with Crippen molar-refractivity contribution in [1.29, 1.82) is 0 Å². The average Bonchev–Trinajstić information content (AvgIpc) is 2.87. The van der Waals surface area contributed by atoms with Gasteiger partial charge in [0, 0.05) is 45.1 Å². The zero-order valence-electron chi connectivity index (χ0n) is 18.3. The summed E-state index contributed by atoms with van der Waals surface area (Å²) < 4.78 is 28.9. The molecule has 0 saturated carbocycles. The molecule has 0 bridgehead atoms. The fraction of sp³-hybridized carbons (Fsp3) is 0.524. The predicted octanol–water partition coefficient (Wildman–Crippen LogP) is 2.95. The van der Waals surface area contributed by atoms with E-state index < -0.39 is 10.0 Å². The number of hydrogen-bond acceptors (Lipinski definition) is 4. The summed E-state index contributed by atoms with van der Waals surface area (Å²) in [5.74, 6) is 0.641. The van der Waals surface area contributed by atoms with Crippen molar-refractivity contribution in [3.05, 3.63) is 41.9 Å². The lowest BCUT2D eigenvalue weighted by molar-refractivity contribution is 0.214. The fourth-order valence-corrected chi connectivity index (χ4v) is 4.87. The zero-order valence-corrected chi connectivity index (χ0v) is 19.2. The molecule has 9 heteroatoms. The summed E-state index contributed by atoms with van der Waals surface area (Å²) in [5, 5.41) is 2.97. The number of benzene rings is 1. The average molecular weight is 434 g/mol. The number of aromatic nitrogens is 2. The van der Waals surface area contributed by atoms with Gasteiger partial charge in [-0.1, -0.05) is 32.9 Å². The molecule has 0 unspecified atom stereocenters.